The minimum Gasteiger partial charge on any atom is -0.337 e. The number of carbonyl (C=O) groups is 1. The van der Waals surface area contributed by atoms with Crippen molar-refractivity contribution in [1.82, 2.24) is 10.2 Å². The molecule has 0 radical (unpaired) electrons. The first kappa shape index (κ1) is 10.5. The van der Waals surface area contributed by atoms with Crippen LogP contribution in [0, 0.1) is 5.92 Å². The molecule has 0 aromatic heterocycles. The summed E-state index contributed by atoms with van der Waals surface area (Å²) in [5, 5.41) is 3.25. The Hall–Kier alpha value is -0.610. The highest BCUT2D eigenvalue weighted by molar-refractivity contribution is 5.79. The van der Waals surface area contributed by atoms with Gasteiger partial charge in [-0.3, -0.25) is 4.79 Å². The number of carbonyl (C=O) groups excluding carboxylic acids is 1. The number of nitrogens with zero attached hydrogens (tertiary/aromatic N) is 1. The third-order valence-corrected chi connectivity index (χ3v) is 2.56. The van der Waals surface area contributed by atoms with E-state index in [4.69, 9.17) is 5.73 Å². The molecule has 4 nitrogen and oxygen atoms in total. The summed E-state index contributed by atoms with van der Waals surface area (Å²) in [7, 11) is 0. The maximum Gasteiger partial charge on any atom is 0.227 e. The first-order chi connectivity index (χ1) is 6.16. The zero-order valence-electron chi connectivity index (χ0n) is 8.42. The molecule has 3 N–H and O–H groups in total. The smallest absolute Gasteiger partial charge is 0.227 e. The van der Waals surface area contributed by atoms with Gasteiger partial charge in [-0.25, -0.2) is 0 Å². The van der Waals surface area contributed by atoms with Crippen LogP contribution in [0.1, 0.15) is 13.8 Å². The van der Waals surface area contributed by atoms with Crippen molar-refractivity contribution in [1.29, 1.82) is 0 Å². The Morgan fingerprint density at radius 1 is 1.77 bits per heavy atom. The molecule has 0 spiro atoms. The average molecular weight is 185 g/mol. The van der Waals surface area contributed by atoms with E-state index in [-0.39, 0.29) is 11.8 Å². The van der Waals surface area contributed by atoms with Gasteiger partial charge in [0.2, 0.25) is 5.91 Å². The van der Waals surface area contributed by atoms with E-state index in [0.717, 1.165) is 19.6 Å². The lowest BCUT2D eigenvalue weighted by Crippen LogP contribution is -2.54. The lowest BCUT2D eigenvalue weighted by molar-refractivity contribution is -0.137. The fourth-order valence-electron chi connectivity index (χ4n) is 1.55. The Kier molecular flexibility index (Phi) is 3.69. The van der Waals surface area contributed by atoms with Gasteiger partial charge in [0.25, 0.3) is 0 Å². The summed E-state index contributed by atoms with van der Waals surface area (Å²) in [5.74, 6) is 0.150. The number of rotatable bonds is 2. The van der Waals surface area contributed by atoms with Crippen LogP contribution in [-0.2, 0) is 4.79 Å². The Morgan fingerprint density at radius 2 is 2.46 bits per heavy atom. The fraction of sp³-hybridized carbons (Fsp3) is 0.889. The molecule has 1 rings (SSSR count). The van der Waals surface area contributed by atoms with Crippen LogP contribution in [0.4, 0.5) is 0 Å². The summed E-state index contributed by atoms with van der Waals surface area (Å²) in [6.07, 6.45) is 0. The zero-order chi connectivity index (χ0) is 9.84. The predicted octanol–water partition coefficient (Wildman–Crippen LogP) is -0.598. The second-order valence-electron chi connectivity index (χ2n) is 3.72. The van der Waals surface area contributed by atoms with Gasteiger partial charge in [0.05, 0.1) is 0 Å². The molecule has 0 saturated carbocycles. The highest BCUT2D eigenvalue weighted by atomic mass is 16.2. The van der Waals surface area contributed by atoms with Crippen molar-refractivity contribution >= 4 is 5.91 Å². The van der Waals surface area contributed by atoms with Crippen LogP contribution in [0.3, 0.4) is 0 Å². The second-order valence-corrected chi connectivity index (χ2v) is 3.72. The number of piperazine rings is 1. The van der Waals surface area contributed by atoms with E-state index >= 15 is 0 Å². The molecule has 2 atom stereocenters. The molecule has 0 bridgehead atoms. The molecular formula is C9H19N3O. The lowest BCUT2D eigenvalue weighted by atomic mass is 10.1. The molecule has 1 amide bonds. The molecule has 1 aliphatic heterocycles. The summed E-state index contributed by atoms with van der Waals surface area (Å²) >= 11 is 0. The Bertz CT molecular complexity index is 184. The largest absolute Gasteiger partial charge is 0.337 e. The summed E-state index contributed by atoms with van der Waals surface area (Å²) < 4.78 is 0. The van der Waals surface area contributed by atoms with Gasteiger partial charge < -0.3 is 16.0 Å². The molecule has 4 heteroatoms. The number of hydrogen-bond acceptors (Lipinski definition) is 3. The van der Waals surface area contributed by atoms with E-state index in [9.17, 15) is 4.79 Å². The van der Waals surface area contributed by atoms with E-state index in [1.165, 1.54) is 0 Å². The third-order valence-electron chi connectivity index (χ3n) is 2.56. The van der Waals surface area contributed by atoms with Gasteiger partial charge in [-0.2, -0.15) is 0 Å². The molecular weight excluding hydrogens is 166 g/mol. The highest BCUT2D eigenvalue weighted by Crippen LogP contribution is 2.07. The normalized spacial score (nSPS) is 25.8. The van der Waals surface area contributed by atoms with Gasteiger partial charge in [-0.15, -0.1) is 0 Å². The van der Waals surface area contributed by atoms with Gasteiger partial charge in [-0.1, -0.05) is 6.92 Å². The summed E-state index contributed by atoms with van der Waals surface area (Å²) in [6, 6.07) is 0.301. The standard InChI is InChI=1S/C9H19N3O/c1-7(5-10)9(13)12-4-3-11-6-8(12)2/h7-8,11H,3-6,10H2,1-2H3/t7?,8-/m0/s1. The van der Waals surface area contributed by atoms with Gasteiger partial charge in [0.15, 0.2) is 0 Å². The van der Waals surface area contributed by atoms with E-state index < -0.39 is 0 Å². The van der Waals surface area contributed by atoms with Crippen molar-refractivity contribution in [2.24, 2.45) is 11.7 Å². The quantitative estimate of drug-likeness (QED) is 0.604. The molecule has 13 heavy (non-hydrogen) atoms. The van der Waals surface area contributed by atoms with Crippen LogP contribution >= 0.6 is 0 Å². The lowest BCUT2D eigenvalue weighted by Gasteiger charge is -2.35. The first-order valence-corrected chi connectivity index (χ1v) is 4.88. The van der Waals surface area contributed by atoms with Gasteiger partial charge >= 0.3 is 0 Å². The summed E-state index contributed by atoms with van der Waals surface area (Å²) in [5.41, 5.74) is 5.46. The summed E-state index contributed by atoms with van der Waals surface area (Å²) in [6.45, 7) is 6.99. The molecule has 0 aromatic rings. The fourth-order valence-corrected chi connectivity index (χ4v) is 1.55. The van der Waals surface area contributed by atoms with E-state index in [2.05, 4.69) is 12.2 Å². The van der Waals surface area contributed by atoms with Crippen LogP contribution in [0.2, 0.25) is 0 Å². The van der Waals surface area contributed by atoms with Crippen molar-refractivity contribution < 1.29 is 4.79 Å². The minimum atomic E-state index is -0.0412. The SMILES string of the molecule is CC(CN)C(=O)N1CCNC[C@@H]1C. The average Bonchev–Trinajstić information content (AvgIpc) is 2.16. The van der Waals surface area contributed by atoms with E-state index in [1.54, 1.807) is 0 Å². The zero-order valence-corrected chi connectivity index (χ0v) is 8.42. The monoisotopic (exact) mass is 185 g/mol. The molecule has 1 unspecified atom stereocenters. The minimum absolute atomic E-state index is 0.0412. The first-order valence-electron chi connectivity index (χ1n) is 4.88. The van der Waals surface area contributed by atoms with Gasteiger partial charge in [-0.05, 0) is 6.92 Å². The number of nitrogens with two attached hydrogens (primary N) is 1. The topological polar surface area (TPSA) is 58.4 Å². The van der Waals surface area contributed by atoms with Crippen molar-refractivity contribution in [2.45, 2.75) is 19.9 Å². The van der Waals surface area contributed by atoms with Crippen molar-refractivity contribution in [3.05, 3.63) is 0 Å². The van der Waals surface area contributed by atoms with Crippen LogP contribution in [-0.4, -0.2) is 43.0 Å². The molecule has 1 heterocycles. The molecule has 0 aromatic carbocycles. The Morgan fingerprint density at radius 3 is 3.00 bits per heavy atom. The van der Waals surface area contributed by atoms with Crippen LogP contribution < -0.4 is 11.1 Å². The highest BCUT2D eigenvalue weighted by Gasteiger charge is 2.25. The molecule has 1 aliphatic rings. The maximum absolute atomic E-state index is 11.8. The van der Waals surface area contributed by atoms with Crippen LogP contribution in [0.25, 0.3) is 0 Å². The Balaban J connectivity index is 2.53. The predicted molar refractivity (Wildman–Crippen MR) is 52.3 cm³/mol. The Labute approximate surface area is 79.5 Å². The second kappa shape index (κ2) is 4.58. The third kappa shape index (κ3) is 2.42. The van der Waals surface area contributed by atoms with E-state index in [1.807, 2.05) is 11.8 Å². The molecule has 0 aliphatic carbocycles. The maximum atomic E-state index is 11.8. The van der Waals surface area contributed by atoms with Gasteiger partial charge in [0.1, 0.15) is 0 Å². The molecule has 1 fully saturated rings. The summed E-state index contributed by atoms with van der Waals surface area (Å²) in [4.78, 5) is 13.7. The van der Waals surface area contributed by atoms with Gasteiger partial charge in [0, 0.05) is 38.1 Å². The number of hydrogen-bond donors (Lipinski definition) is 2. The van der Waals surface area contributed by atoms with Crippen LogP contribution in [0.5, 0.6) is 0 Å². The van der Waals surface area contributed by atoms with Crippen molar-refractivity contribution in [3.8, 4) is 0 Å². The van der Waals surface area contributed by atoms with Crippen molar-refractivity contribution in [3.63, 3.8) is 0 Å². The van der Waals surface area contributed by atoms with E-state index in [0.29, 0.717) is 12.6 Å². The molecule has 76 valence electrons. The molecule has 1 saturated heterocycles. The number of amides is 1. The van der Waals surface area contributed by atoms with Crippen LogP contribution in [0.15, 0.2) is 0 Å². The van der Waals surface area contributed by atoms with Crippen molar-refractivity contribution in [2.75, 3.05) is 26.2 Å². The number of nitrogens with one attached hydrogen (secondary N) is 1.